The molecule has 0 aromatic heterocycles. The lowest BCUT2D eigenvalue weighted by Gasteiger charge is -2.06. The van der Waals surface area contributed by atoms with Crippen LogP contribution in [0.1, 0.15) is 0 Å². The molecule has 0 saturated heterocycles. The van der Waals surface area contributed by atoms with Gasteiger partial charge in [0.15, 0.2) is 17.4 Å². The number of benzene rings is 3. The van der Waals surface area contributed by atoms with Crippen LogP contribution in [0.15, 0.2) is 66.7 Å². The fraction of sp³-hybridized carbons (Fsp3) is 0. The third-order valence-electron chi connectivity index (χ3n) is 2.82. The highest BCUT2D eigenvalue weighted by Gasteiger charge is 2.01. The third-order valence-corrected chi connectivity index (χ3v) is 2.82. The monoisotopic (exact) mass is 233 g/mol. The Labute approximate surface area is 112 Å². The molecule has 3 aromatic rings. The molecule has 0 nitrogen and oxygen atoms in total. The molecule has 0 spiro atoms. The average Bonchev–Trinajstić information content (AvgIpc) is 2.39. The van der Waals surface area contributed by atoms with Crippen molar-refractivity contribution < 1.29 is 0 Å². The molecule has 0 amide bonds. The minimum Gasteiger partial charge on any atom is -0.0616 e. The van der Waals surface area contributed by atoms with Crippen molar-refractivity contribution in [1.29, 1.82) is 0 Å². The van der Waals surface area contributed by atoms with Crippen LogP contribution >= 0.6 is 0 Å². The number of rotatable bonds is 1. The van der Waals surface area contributed by atoms with E-state index in [9.17, 15) is 0 Å². The maximum atomic E-state index is 3.05. The Bertz CT molecular complexity index is 609. The van der Waals surface area contributed by atoms with Crippen molar-refractivity contribution in [3.63, 3.8) is 0 Å². The zero-order valence-electron chi connectivity index (χ0n) is 8.85. The van der Waals surface area contributed by atoms with E-state index in [1.165, 1.54) is 21.9 Å². The minimum atomic E-state index is 0. The van der Waals surface area contributed by atoms with Gasteiger partial charge in [-0.2, -0.15) is 0 Å². The summed E-state index contributed by atoms with van der Waals surface area (Å²) in [7, 11) is 0. The maximum Gasteiger partial charge on any atom is 0.187 e. The minimum absolute atomic E-state index is 0. The van der Waals surface area contributed by atoms with Gasteiger partial charge in [0.25, 0.3) is 0 Å². The quantitative estimate of drug-likeness (QED) is 0.566. The molecule has 1 heteroatoms. The molecule has 0 aliphatic heterocycles. The normalized spacial score (nSPS) is 9.88. The summed E-state index contributed by atoms with van der Waals surface area (Å²) in [4.78, 5) is 0. The lowest BCUT2D eigenvalue weighted by atomic mass is 9.98. The lowest BCUT2D eigenvalue weighted by molar-refractivity contribution is 1.64. The van der Waals surface area contributed by atoms with Crippen molar-refractivity contribution in [2.24, 2.45) is 0 Å². The molecule has 0 bridgehead atoms. The molecule has 0 saturated carbocycles. The summed E-state index contributed by atoms with van der Waals surface area (Å²) >= 11 is 0. The molecule has 0 aliphatic rings. The Morgan fingerprint density at radius 2 is 1.41 bits per heavy atom. The van der Waals surface area contributed by atoms with Crippen LogP contribution in [0.2, 0.25) is 0 Å². The van der Waals surface area contributed by atoms with E-state index >= 15 is 0 Å². The molecule has 3 rings (SSSR count). The van der Waals surface area contributed by atoms with Gasteiger partial charge in [0.2, 0.25) is 0 Å². The van der Waals surface area contributed by atoms with Crippen molar-refractivity contribution in [3.8, 4) is 11.1 Å². The fourth-order valence-corrected chi connectivity index (χ4v) is 2.04. The zero-order valence-corrected chi connectivity index (χ0v) is 8.85. The van der Waals surface area contributed by atoms with Gasteiger partial charge >= 0.3 is 0 Å². The summed E-state index contributed by atoms with van der Waals surface area (Å²) in [6, 6.07) is 26.0. The molecule has 0 aliphatic carbocycles. The highest BCUT2D eigenvalue weighted by Crippen LogP contribution is 2.27. The van der Waals surface area contributed by atoms with Crippen LogP contribution in [0, 0.1) is 6.07 Å². The SMILES string of the molecule is [AlH3].[c]1ccc(-c2cccc3ccccc23)cc1. The van der Waals surface area contributed by atoms with E-state index in [0.29, 0.717) is 0 Å². The van der Waals surface area contributed by atoms with Crippen molar-refractivity contribution in [3.05, 3.63) is 72.8 Å². The lowest BCUT2D eigenvalue weighted by Crippen LogP contribution is -1.80. The summed E-state index contributed by atoms with van der Waals surface area (Å²) in [6.45, 7) is 0. The van der Waals surface area contributed by atoms with Crippen molar-refractivity contribution in [1.82, 2.24) is 0 Å². The fourth-order valence-electron chi connectivity index (χ4n) is 2.04. The second-order valence-corrected chi connectivity index (χ2v) is 3.82. The van der Waals surface area contributed by atoms with E-state index < -0.39 is 0 Å². The van der Waals surface area contributed by atoms with E-state index in [2.05, 4.69) is 60.7 Å². The zero-order chi connectivity index (χ0) is 10.8. The van der Waals surface area contributed by atoms with Gasteiger partial charge in [-0.25, -0.2) is 0 Å². The second kappa shape index (κ2) is 5.19. The first-order valence-corrected chi connectivity index (χ1v) is 5.39. The molecule has 0 unspecified atom stereocenters. The van der Waals surface area contributed by atoms with Gasteiger partial charge in [0.05, 0.1) is 0 Å². The van der Waals surface area contributed by atoms with Crippen molar-refractivity contribution in [2.75, 3.05) is 0 Å². The van der Waals surface area contributed by atoms with Gasteiger partial charge in [-0.15, -0.1) is 0 Å². The Morgan fingerprint density at radius 3 is 2.24 bits per heavy atom. The molecule has 1 radical (unpaired) electrons. The molecule has 0 heterocycles. The van der Waals surface area contributed by atoms with Crippen molar-refractivity contribution >= 4 is 28.1 Å². The summed E-state index contributed by atoms with van der Waals surface area (Å²) in [6.07, 6.45) is 0. The van der Waals surface area contributed by atoms with Gasteiger partial charge in [-0.3, -0.25) is 0 Å². The molecule has 81 valence electrons. The molecule has 17 heavy (non-hydrogen) atoms. The van der Waals surface area contributed by atoms with Crippen LogP contribution < -0.4 is 0 Å². The first-order valence-electron chi connectivity index (χ1n) is 5.39. The first kappa shape index (κ1) is 11.9. The average molecular weight is 233 g/mol. The van der Waals surface area contributed by atoms with Crippen LogP contribution in [0.25, 0.3) is 21.9 Å². The van der Waals surface area contributed by atoms with Crippen LogP contribution in [0.3, 0.4) is 0 Å². The summed E-state index contributed by atoms with van der Waals surface area (Å²) in [5.74, 6) is 0. The summed E-state index contributed by atoms with van der Waals surface area (Å²) < 4.78 is 0. The smallest absolute Gasteiger partial charge is 0.0616 e. The van der Waals surface area contributed by atoms with Crippen LogP contribution in [0.4, 0.5) is 0 Å². The van der Waals surface area contributed by atoms with E-state index in [1.807, 2.05) is 12.1 Å². The Balaban J connectivity index is 0.00000108. The molecule has 0 fully saturated rings. The molecular formula is C16H14Al. The largest absolute Gasteiger partial charge is 0.187 e. The van der Waals surface area contributed by atoms with Gasteiger partial charge < -0.3 is 0 Å². The summed E-state index contributed by atoms with van der Waals surface area (Å²) in [5, 5.41) is 2.59. The Kier molecular flexibility index (Phi) is 3.64. The maximum absolute atomic E-state index is 3.05. The Morgan fingerprint density at radius 1 is 0.706 bits per heavy atom. The van der Waals surface area contributed by atoms with E-state index in [0.717, 1.165) is 0 Å². The van der Waals surface area contributed by atoms with Crippen LogP contribution in [0.5, 0.6) is 0 Å². The van der Waals surface area contributed by atoms with Crippen molar-refractivity contribution in [2.45, 2.75) is 0 Å². The first-order chi connectivity index (χ1) is 7.95. The molecule has 0 atom stereocenters. The second-order valence-electron chi connectivity index (χ2n) is 3.82. The molecule has 3 aromatic carbocycles. The highest BCUT2D eigenvalue weighted by molar-refractivity contribution is 5.96. The van der Waals surface area contributed by atoms with E-state index in [4.69, 9.17) is 0 Å². The number of fused-ring (bicyclic) bond motifs is 1. The third kappa shape index (κ3) is 2.27. The summed E-state index contributed by atoms with van der Waals surface area (Å²) in [5.41, 5.74) is 2.53. The number of hydrogen-bond donors (Lipinski definition) is 0. The predicted octanol–water partition coefficient (Wildman–Crippen LogP) is 3.12. The number of hydrogen-bond acceptors (Lipinski definition) is 0. The van der Waals surface area contributed by atoms with Gasteiger partial charge in [-0.1, -0.05) is 66.7 Å². The highest BCUT2D eigenvalue weighted by atomic mass is 27.0. The van der Waals surface area contributed by atoms with Gasteiger partial charge in [0.1, 0.15) is 0 Å². The standard InChI is InChI=1S/C16H11.Al.3H/c1-2-7-13(8-3-1)16-12-6-10-14-9-4-5-11-15(14)16;;;;/h2-12H;;;;. The van der Waals surface area contributed by atoms with E-state index in [1.54, 1.807) is 0 Å². The van der Waals surface area contributed by atoms with Gasteiger partial charge in [-0.05, 0) is 28.0 Å². The van der Waals surface area contributed by atoms with E-state index in [-0.39, 0.29) is 17.4 Å². The Hall–Kier alpha value is -1.55. The predicted molar refractivity (Wildman–Crippen MR) is 78.2 cm³/mol. The molecular weight excluding hydrogens is 219 g/mol. The van der Waals surface area contributed by atoms with Gasteiger partial charge in [0, 0.05) is 0 Å². The van der Waals surface area contributed by atoms with Crippen LogP contribution in [-0.2, 0) is 0 Å². The topological polar surface area (TPSA) is 0 Å². The molecule has 0 N–H and O–H groups in total. The van der Waals surface area contributed by atoms with Crippen LogP contribution in [-0.4, -0.2) is 17.4 Å².